The zero-order chi connectivity index (χ0) is 8.97. The van der Waals surface area contributed by atoms with Crippen molar-refractivity contribution in [2.45, 2.75) is 13.0 Å². The summed E-state index contributed by atoms with van der Waals surface area (Å²) in [6, 6.07) is 1.85. The van der Waals surface area contributed by atoms with Crippen LogP contribution in [0.2, 0.25) is 0 Å². The number of alkyl halides is 2. The first-order valence-corrected chi connectivity index (χ1v) is 4.29. The Hall–Kier alpha value is -0.420. The Morgan fingerprint density at radius 1 is 1.58 bits per heavy atom. The highest BCUT2D eigenvalue weighted by molar-refractivity contribution is 9.10. The van der Waals surface area contributed by atoms with Gasteiger partial charge in [0.05, 0.1) is 6.54 Å². The van der Waals surface area contributed by atoms with Crippen molar-refractivity contribution in [3.05, 3.63) is 22.4 Å². The Labute approximate surface area is 77.5 Å². The van der Waals surface area contributed by atoms with Gasteiger partial charge in [0.2, 0.25) is 0 Å². The fourth-order valence-corrected chi connectivity index (χ4v) is 1.22. The van der Waals surface area contributed by atoms with Crippen LogP contribution in [-0.4, -0.2) is 18.0 Å². The number of aromatic nitrogens is 1. The molecule has 0 fully saturated rings. The van der Waals surface area contributed by atoms with Crippen LogP contribution in [0.5, 0.6) is 0 Å². The summed E-state index contributed by atoms with van der Waals surface area (Å²) in [5.74, 6) is 0. The predicted molar refractivity (Wildman–Crippen MR) is 46.2 cm³/mol. The molecule has 0 saturated heterocycles. The van der Waals surface area contributed by atoms with Gasteiger partial charge in [-0.2, -0.15) is 0 Å². The van der Waals surface area contributed by atoms with E-state index in [1.54, 1.807) is 6.20 Å². The summed E-state index contributed by atoms with van der Waals surface area (Å²) < 4.78 is 24.2. The first kappa shape index (κ1) is 9.67. The van der Waals surface area contributed by atoms with Gasteiger partial charge in [-0.25, -0.2) is 8.78 Å². The second-order valence-electron chi connectivity index (χ2n) is 2.37. The SMILES string of the molecule is FC(F)CNCc1cc(Br)c[nH]1. The van der Waals surface area contributed by atoms with Crippen LogP contribution in [0.15, 0.2) is 16.7 Å². The highest BCUT2D eigenvalue weighted by Gasteiger charge is 2.01. The average Bonchev–Trinajstić information content (AvgIpc) is 2.35. The quantitative estimate of drug-likeness (QED) is 0.827. The van der Waals surface area contributed by atoms with Crippen LogP contribution in [0, 0.1) is 0 Å². The third-order valence-electron chi connectivity index (χ3n) is 1.32. The van der Waals surface area contributed by atoms with E-state index < -0.39 is 6.43 Å². The van der Waals surface area contributed by atoms with E-state index in [1.165, 1.54) is 0 Å². The number of hydrogen-bond donors (Lipinski definition) is 2. The number of nitrogens with one attached hydrogen (secondary N) is 2. The summed E-state index contributed by atoms with van der Waals surface area (Å²) in [6.45, 7) is 0.173. The van der Waals surface area contributed by atoms with Gasteiger partial charge < -0.3 is 10.3 Å². The Balaban J connectivity index is 2.24. The van der Waals surface area contributed by atoms with Crippen LogP contribution in [0.25, 0.3) is 0 Å². The highest BCUT2D eigenvalue weighted by atomic mass is 79.9. The fraction of sp³-hybridized carbons (Fsp3) is 0.429. The molecule has 1 aromatic rings. The molecular weight excluding hydrogens is 230 g/mol. The highest BCUT2D eigenvalue weighted by Crippen LogP contribution is 2.09. The maximum Gasteiger partial charge on any atom is 0.250 e. The standard InChI is InChI=1S/C7H9BrF2N2/c8-5-1-6(12-2-5)3-11-4-7(9)10/h1-2,7,11-12H,3-4H2. The van der Waals surface area contributed by atoms with Crippen molar-refractivity contribution < 1.29 is 8.78 Å². The molecule has 0 bridgehead atoms. The predicted octanol–water partition coefficient (Wildman–Crippen LogP) is 2.13. The van der Waals surface area contributed by atoms with Gasteiger partial charge in [0, 0.05) is 22.9 Å². The minimum Gasteiger partial charge on any atom is -0.363 e. The topological polar surface area (TPSA) is 27.8 Å². The fourth-order valence-electron chi connectivity index (χ4n) is 0.829. The van der Waals surface area contributed by atoms with E-state index in [-0.39, 0.29) is 6.54 Å². The van der Waals surface area contributed by atoms with Gasteiger partial charge in [-0.1, -0.05) is 0 Å². The smallest absolute Gasteiger partial charge is 0.250 e. The molecule has 0 unspecified atom stereocenters. The van der Waals surface area contributed by atoms with Gasteiger partial charge in [0.1, 0.15) is 0 Å². The molecule has 12 heavy (non-hydrogen) atoms. The van der Waals surface area contributed by atoms with Gasteiger partial charge in [-0.15, -0.1) is 0 Å². The molecule has 5 heteroatoms. The van der Waals surface area contributed by atoms with Crippen LogP contribution >= 0.6 is 15.9 Å². The van der Waals surface area contributed by atoms with Crippen LogP contribution in [0.3, 0.4) is 0 Å². The first-order valence-electron chi connectivity index (χ1n) is 3.50. The van der Waals surface area contributed by atoms with E-state index in [2.05, 4.69) is 26.2 Å². The molecule has 0 aromatic carbocycles. The van der Waals surface area contributed by atoms with E-state index >= 15 is 0 Å². The molecule has 0 amide bonds. The van der Waals surface area contributed by atoms with E-state index in [0.29, 0.717) is 6.54 Å². The van der Waals surface area contributed by atoms with Gasteiger partial charge >= 0.3 is 0 Å². The molecule has 0 aliphatic rings. The summed E-state index contributed by atoms with van der Waals surface area (Å²) in [7, 11) is 0. The lowest BCUT2D eigenvalue weighted by Gasteiger charge is -2.00. The lowest BCUT2D eigenvalue weighted by molar-refractivity contribution is 0.145. The second-order valence-corrected chi connectivity index (χ2v) is 3.28. The van der Waals surface area contributed by atoms with Crippen molar-refractivity contribution in [3.63, 3.8) is 0 Å². The summed E-state index contributed by atoms with van der Waals surface area (Å²) >= 11 is 3.25. The minimum absolute atomic E-state index is 0.267. The number of H-pyrrole nitrogens is 1. The maximum absolute atomic E-state index is 11.7. The average molecular weight is 239 g/mol. The van der Waals surface area contributed by atoms with E-state index in [1.807, 2.05) is 6.07 Å². The summed E-state index contributed by atoms with van der Waals surface area (Å²) in [5.41, 5.74) is 0.891. The lowest BCUT2D eigenvalue weighted by Crippen LogP contribution is -2.20. The molecule has 1 heterocycles. The molecule has 0 spiro atoms. The van der Waals surface area contributed by atoms with Gasteiger partial charge in [0.25, 0.3) is 6.43 Å². The third kappa shape index (κ3) is 3.32. The monoisotopic (exact) mass is 238 g/mol. The van der Waals surface area contributed by atoms with Gasteiger partial charge in [-0.05, 0) is 22.0 Å². The summed E-state index contributed by atoms with van der Waals surface area (Å²) in [6.07, 6.45) is -0.525. The van der Waals surface area contributed by atoms with E-state index in [0.717, 1.165) is 10.2 Å². The molecule has 2 nitrogen and oxygen atoms in total. The van der Waals surface area contributed by atoms with Crippen LogP contribution in [0.4, 0.5) is 8.78 Å². The molecule has 0 saturated carbocycles. The summed E-state index contributed by atoms with van der Waals surface area (Å²) in [5, 5.41) is 2.61. The van der Waals surface area contributed by atoms with Crippen LogP contribution in [0.1, 0.15) is 5.69 Å². The molecule has 1 aromatic heterocycles. The molecule has 68 valence electrons. The number of halogens is 3. The largest absolute Gasteiger partial charge is 0.363 e. The van der Waals surface area contributed by atoms with Crippen molar-refractivity contribution in [2.24, 2.45) is 0 Å². The zero-order valence-electron chi connectivity index (χ0n) is 6.28. The molecule has 0 radical (unpaired) electrons. The van der Waals surface area contributed by atoms with Crippen molar-refractivity contribution in [1.82, 2.24) is 10.3 Å². The van der Waals surface area contributed by atoms with Crippen molar-refractivity contribution >= 4 is 15.9 Å². The Morgan fingerprint density at radius 3 is 2.83 bits per heavy atom. The molecular formula is C7H9BrF2N2. The van der Waals surface area contributed by atoms with Gasteiger partial charge in [-0.3, -0.25) is 0 Å². The van der Waals surface area contributed by atoms with Crippen LogP contribution in [-0.2, 0) is 6.54 Å². The maximum atomic E-state index is 11.7. The molecule has 0 aliphatic carbocycles. The molecule has 0 aliphatic heterocycles. The molecule has 2 N–H and O–H groups in total. The first-order chi connectivity index (χ1) is 5.68. The van der Waals surface area contributed by atoms with Crippen molar-refractivity contribution in [1.29, 1.82) is 0 Å². The van der Waals surface area contributed by atoms with Crippen LogP contribution < -0.4 is 5.32 Å². The Morgan fingerprint density at radius 2 is 2.33 bits per heavy atom. The summed E-state index contributed by atoms with van der Waals surface area (Å²) in [4.78, 5) is 2.92. The van der Waals surface area contributed by atoms with Gasteiger partial charge in [0.15, 0.2) is 0 Å². The Kier molecular flexibility index (Phi) is 3.68. The van der Waals surface area contributed by atoms with Crippen molar-refractivity contribution in [2.75, 3.05) is 6.54 Å². The van der Waals surface area contributed by atoms with Crippen molar-refractivity contribution in [3.8, 4) is 0 Å². The third-order valence-corrected chi connectivity index (χ3v) is 1.78. The minimum atomic E-state index is -2.29. The normalized spacial score (nSPS) is 11.0. The number of hydrogen-bond acceptors (Lipinski definition) is 1. The molecule has 0 atom stereocenters. The van der Waals surface area contributed by atoms with E-state index in [4.69, 9.17) is 0 Å². The number of aromatic amines is 1. The lowest BCUT2D eigenvalue weighted by atomic mass is 10.4. The molecule has 1 rings (SSSR count). The van der Waals surface area contributed by atoms with E-state index in [9.17, 15) is 8.78 Å². The Bertz CT molecular complexity index is 237. The second kappa shape index (κ2) is 4.57. The zero-order valence-corrected chi connectivity index (χ0v) is 7.87. The number of rotatable bonds is 4.